The molecule has 1 heterocycles. The van der Waals surface area contributed by atoms with Gasteiger partial charge in [-0.2, -0.15) is 0 Å². The molecule has 0 radical (unpaired) electrons. The Kier molecular flexibility index (Phi) is 3.17. The molecule has 0 saturated carbocycles. The van der Waals surface area contributed by atoms with Gasteiger partial charge in [0, 0.05) is 24.0 Å². The summed E-state index contributed by atoms with van der Waals surface area (Å²) in [4.78, 5) is 11.1. The fourth-order valence-electron chi connectivity index (χ4n) is 2.20. The molecule has 0 aliphatic carbocycles. The molecule has 0 bridgehead atoms. The van der Waals surface area contributed by atoms with Crippen molar-refractivity contribution in [2.75, 3.05) is 13.1 Å². The van der Waals surface area contributed by atoms with Crippen molar-refractivity contribution in [3.05, 3.63) is 34.3 Å². The fourth-order valence-corrected chi connectivity index (χ4v) is 2.57. The van der Waals surface area contributed by atoms with E-state index in [4.69, 9.17) is 16.7 Å². The van der Waals surface area contributed by atoms with Crippen molar-refractivity contribution in [2.24, 2.45) is 5.92 Å². The molecule has 0 amide bonds. The van der Waals surface area contributed by atoms with Gasteiger partial charge in [0.1, 0.15) is 0 Å². The van der Waals surface area contributed by atoms with E-state index in [9.17, 15) is 4.79 Å². The summed E-state index contributed by atoms with van der Waals surface area (Å²) in [6, 6.07) is 5.79. The van der Waals surface area contributed by atoms with Crippen molar-refractivity contribution in [1.82, 2.24) is 5.32 Å². The van der Waals surface area contributed by atoms with E-state index < -0.39 is 5.97 Å². The van der Waals surface area contributed by atoms with Crippen LogP contribution in [0.15, 0.2) is 18.2 Å². The van der Waals surface area contributed by atoms with E-state index in [1.807, 2.05) is 25.1 Å². The third-order valence-electron chi connectivity index (χ3n) is 3.09. The number of aliphatic carboxylic acids is 1. The summed E-state index contributed by atoms with van der Waals surface area (Å²) < 4.78 is 0. The van der Waals surface area contributed by atoms with Crippen molar-refractivity contribution >= 4 is 17.6 Å². The Morgan fingerprint density at radius 1 is 1.50 bits per heavy atom. The highest BCUT2D eigenvalue weighted by molar-refractivity contribution is 6.31. The summed E-state index contributed by atoms with van der Waals surface area (Å²) in [5.74, 6) is -1.16. The summed E-state index contributed by atoms with van der Waals surface area (Å²) in [6.45, 7) is 3.17. The van der Waals surface area contributed by atoms with Crippen LogP contribution in [0.3, 0.4) is 0 Å². The number of benzene rings is 1. The molecule has 0 aromatic heterocycles. The van der Waals surface area contributed by atoms with Gasteiger partial charge in [-0.05, 0) is 24.1 Å². The predicted molar refractivity (Wildman–Crippen MR) is 62.9 cm³/mol. The zero-order valence-corrected chi connectivity index (χ0v) is 9.79. The first-order valence-electron chi connectivity index (χ1n) is 5.29. The van der Waals surface area contributed by atoms with Gasteiger partial charge in [-0.25, -0.2) is 0 Å². The second-order valence-electron chi connectivity index (χ2n) is 4.23. The van der Waals surface area contributed by atoms with E-state index in [-0.39, 0.29) is 11.8 Å². The SMILES string of the molecule is Cc1ccc(C2CNCC2C(=O)O)c(Cl)c1. The van der Waals surface area contributed by atoms with E-state index in [1.54, 1.807) is 0 Å². The molecule has 1 fully saturated rings. The third-order valence-corrected chi connectivity index (χ3v) is 3.41. The first kappa shape index (κ1) is 11.4. The largest absolute Gasteiger partial charge is 0.481 e. The van der Waals surface area contributed by atoms with Crippen LogP contribution in [0.5, 0.6) is 0 Å². The predicted octanol–water partition coefficient (Wildman–Crippen LogP) is 2.04. The highest BCUT2D eigenvalue weighted by Crippen LogP contribution is 2.33. The first-order chi connectivity index (χ1) is 7.59. The fraction of sp³-hybridized carbons (Fsp3) is 0.417. The summed E-state index contributed by atoms with van der Waals surface area (Å²) in [5, 5.41) is 12.9. The van der Waals surface area contributed by atoms with E-state index in [2.05, 4.69) is 5.32 Å². The minimum absolute atomic E-state index is 0.0226. The van der Waals surface area contributed by atoms with Gasteiger partial charge in [0.2, 0.25) is 0 Å². The molecule has 16 heavy (non-hydrogen) atoms. The quantitative estimate of drug-likeness (QED) is 0.830. The lowest BCUT2D eigenvalue weighted by atomic mass is 9.88. The monoisotopic (exact) mass is 239 g/mol. The third kappa shape index (κ3) is 2.06. The summed E-state index contributed by atoms with van der Waals surface area (Å²) in [5.41, 5.74) is 2.02. The molecule has 1 aromatic rings. The standard InChI is InChI=1S/C12H14ClNO2/c1-7-2-3-8(11(13)4-7)9-5-14-6-10(9)12(15)16/h2-4,9-10,14H,5-6H2,1H3,(H,15,16). The molecule has 86 valence electrons. The van der Waals surface area contributed by atoms with Crippen LogP contribution < -0.4 is 5.32 Å². The van der Waals surface area contributed by atoms with Gasteiger partial charge < -0.3 is 10.4 Å². The van der Waals surface area contributed by atoms with Gasteiger partial charge in [0.15, 0.2) is 0 Å². The zero-order chi connectivity index (χ0) is 11.7. The molecule has 0 spiro atoms. The number of halogens is 1. The molecule has 1 aromatic carbocycles. The lowest BCUT2D eigenvalue weighted by Crippen LogP contribution is -2.21. The van der Waals surface area contributed by atoms with Crippen LogP contribution >= 0.6 is 11.6 Å². The van der Waals surface area contributed by atoms with Crippen LogP contribution in [0.1, 0.15) is 17.0 Å². The van der Waals surface area contributed by atoms with Gasteiger partial charge in [-0.15, -0.1) is 0 Å². The van der Waals surface area contributed by atoms with Gasteiger partial charge in [-0.1, -0.05) is 23.7 Å². The van der Waals surface area contributed by atoms with Gasteiger partial charge in [0.25, 0.3) is 0 Å². The number of carbonyl (C=O) groups is 1. The van der Waals surface area contributed by atoms with Crippen LogP contribution in [-0.4, -0.2) is 24.2 Å². The number of rotatable bonds is 2. The Hall–Kier alpha value is -1.06. The Morgan fingerprint density at radius 3 is 2.88 bits per heavy atom. The highest BCUT2D eigenvalue weighted by atomic mass is 35.5. The number of aryl methyl sites for hydroxylation is 1. The van der Waals surface area contributed by atoms with Crippen LogP contribution in [-0.2, 0) is 4.79 Å². The van der Waals surface area contributed by atoms with Gasteiger partial charge in [0.05, 0.1) is 5.92 Å². The zero-order valence-electron chi connectivity index (χ0n) is 9.03. The number of hydrogen-bond acceptors (Lipinski definition) is 2. The smallest absolute Gasteiger partial charge is 0.308 e. The van der Waals surface area contributed by atoms with Crippen LogP contribution in [0.2, 0.25) is 5.02 Å². The summed E-state index contributed by atoms with van der Waals surface area (Å²) in [6.07, 6.45) is 0. The average Bonchev–Trinajstić information content (AvgIpc) is 2.66. The molecule has 3 nitrogen and oxygen atoms in total. The lowest BCUT2D eigenvalue weighted by Gasteiger charge is -2.16. The normalized spacial score (nSPS) is 24.6. The minimum Gasteiger partial charge on any atom is -0.481 e. The molecule has 1 aliphatic rings. The Balaban J connectivity index is 2.32. The average molecular weight is 240 g/mol. The molecular formula is C12H14ClNO2. The van der Waals surface area contributed by atoms with Gasteiger partial charge in [-0.3, -0.25) is 4.79 Å². The maximum absolute atomic E-state index is 11.1. The molecule has 2 unspecified atom stereocenters. The van der Waals surface area contributed by atoms with Crippen LogP contribution in [0, 0.1) is 12.8 Å². The van der Waals surface area contributed by atoms with Gasteiger partial charge >= 0.3 is 5.97 Å². The second-order valence-corrected chi connectivity index (χ2v) is 4.64. The number of nitrogens with one attached hydrogen (secondary N) is 1. The molecule has 1 saturated heterocycles. The van der Waals surface area contributed by atoms with Crippen LogP contribution in [0.25, 0.3) is 0 Å². The van der Waals surface area contributed by atoms with E-state index in [0.717, 1.165) is 11.1 Å². The topological polar surface area (TPSA) is 49.3 Å². The molecule has 4 heteroatoms. The number of hydrogen-bond donors (Lipinski definition) is 2. The highest BCUT2D eigenvalue weighted by Gasteiger charge is 2.34. The van der Waals surface area contributed by atoms with Crippen molar-refractivity contribution in [3.8, 4) is 0 Å². The van der Waals surface area contributed by atoms with Crippen molar-refractivity contribution in [3.63, 3.8) is 0 Å². The van der Waals surface area contributed by atoms with Crippen molar-refractivity contribution in [1.29, 1.82) is 0 Å². The molecule has 2 N–H and O–H groups in total. The molecular weight excluding hydrogens is 226 g/mol. The van der Waals surface area contributed by atoms with E-state index in [0.29, 0.717) is 18.1 Å². The van der Waals surface area contributed by atoms with Crippen molar-refractivity contribution in [2.45, 2.75) is 12.8 Å². The maximum Gasteiger partial charge on any atom is 0.308 e. The first-order valence-corrected chi connectivity index (χ1v) is 5.67. The van der Waals surface area contributed by atoms with Crippen molar-refractivity contribution < 1.29 is 9.90 Å². The Morgan fingerprint density at radius 2 is 2.25 bits per heavy atom. The summed E-state index contributed by atoms with van der Waals surface area (Å²) >= 11 is 6.16. The maximum atomic E-state index is 11.1. The number of carboxylic acid groups (broad SMARTS) is 1. The molecule has 1 aliphatic heterocycles. The van der Waals surface area contributed by atoms with Crippen LogP contribution in [0.4, 0.5) is 0 Å². The minimum atomic E-state index is -0.758. The second kappa shape index (κ2) is 4.44. The Bertz CT molecular complexity index is 419. The lowest BCUT2D eigenvalue weighted by molar-refractivity contribution is -0.141. The molecule has 2 rings (SSSR count). The van der Waals surface area contributed by atoms with E-state index in [1.165, 1.54) is 0 Å². The number of carboxylic acids is 1. The summed E-state index contributed by atoms with van der Waals surface area (Å²) in [7, 11) is 0. The van der Waals surface area contributed by atoms with E-state index >= 15 is 0 Å². The molecule has 2 atom stereocenters. The Labute approximate surface area is 99.4 Å².